The molecule has 34 heavy (non-hydrogen) atoms. The molecule has 2 aromatic heterocycles. The monoisotopic (exact) mass is 480 g/mol. The van der Waals surface area contributed by atoms with Crippen LogP contribution in [-0.4, -0.2) is 42.0 Å². The summed E-state index contributed by atoms with van der Waals surface area (Å²) in [6.45, 7) is 1.97. The van der Waals surface area contributed by atoms with E-state index >= 15 is 0 Å². The molecule has 0 spiro atoms. The van der Waals surface area contributed by atoms with Gasteiger partial charge in [0.2, 0.25) is 5.91 Å². The molecule has 1 amide bonds. The fourth-order valence-electron chi connectivity index (χ4n) is 4.61. The van der Waals surface area contributed by atoms with Gasteiger partial charge in [0.15, 0.2) is 0 Å². The lowest BCUT2D eigenvalue weighted by Crippen LogP contribution is -2.22. The van der Waals surface area contributed by atoms with E-state index in [1.165, 1.54) is 5.57 Å². The van der Waals surface area contributed by atoms with Crippen molar-refractivity contribution in [1.29, 1.82) is 0 Å². The normalized spacial score (nSPS) is 16.1. The number of hydrogen-bond acceptors (Lipinski definition) is 4. The summed E-state index contributed by atoms with van der Waals surface area (Å²) >= 11 is 6.33. The van der Waals surface area contributed by atoms with E-state index in [1.807, 2.05) is 45.4 Å². The number of carbonyl (C=O) groups excluding carboxylic acids is 1. The molecule has 4 rings (SSSR count). The first-order valence-corrected chi connectivity index (χ1v) is 12.2. The number of benzene rings is 1. The molecule has 0 saturated carbocycles. The second-order valence-corrected chi connectivity index (χ2v) is 9.65. The van der Waals surface area contributed by atoms with Crippen LogP contribution in [0.3, 0.4) is 0 Å². The maximum atomic E-state index is 12.0. The number of amides is 1. The van der Waals surface area contributed by atoms with Crippen molar-refractivity contribution < 1.29 is 9.53 Å². The van der Waals surface area contributed by atoms with Gasteiger partial charge in [-0.1, -0.05) is 17.7 Å². The molecule has 1 unspecified atom stereocenters. The average molecular weight is 481 g/mol. The van der Waals surface area contributed by atoms with Gasteiger partial charge in [-0.15, -0.1) is 0 Å². The van der Waals surface area contributed by atoms with Crippen LogP contribution in [0.5, 0.6) is 5.75 Å². The molecule has 1 atom stereocenters. The highest BCUT2D eigenvalue weighted by atomic mass is 35.5. The highest BCUT2D eigenvalue weighted by Gasteiger charge is 2.18. The van der Waals surface area contributed by atoms with Crippen molar-refractivity contribution in [3.63, 3.8) is 0 Å². The molecule has 0 bridgehead atoms. The number of nitrogens with one attached hydrogen (secondary N) is 2. The van der Waals surface area contributed by atoms with Gasteiger partial charge in [-0.3, -0.25) is 4.79 Å². The summed E-state index contributed by atoms with van der Waals surface area (Å²) in [5.41, 5.74) is 6.15. The molecule has 7 heteroatoms. The van der Waals surface area contributed by atoms with Gasteiger partial charge in [-0.25, -0.2) is 4.98 Å². The molecule has 2 heterocycles. The Morgan fingerprint density at radius 3 is 2.88 bits per heavy atom. The summed E-state index contributed by atoms with van der Waals surface area (Å²) in [6.07, 6.45) is 10.0. The summed E-state index contributed by atoms with van der Waals surface area (Å²) in [5, 5.41) is 5.18. The lowest BCUT2D eigenvalue weighted by Gasteiger charge is -2.16. The molecule has 180 valence electrons. The van der Waals surface area contributed by atoms with E-state index in [0.717, 1.165) is 65.8 Å². The van der Waals surface area contributed by atoms with Crippen LogP contribution < -0.4 is 10.1 Å². The topological polar surface area (TPSA) is 70.2 Å². The van der Waals surface area contributed by atoms with Gasteiger partial charge in [0, 0.05) is 49.5 Å². The number of rotatable bonds is 7. The molecule has 1 aliphatic rings. The Hall–Kier alpha value is -2.99. The molecule has 2 N–H and O–H groups in total. The quantitative estimate of drug-likeness (QED) is 0.393. The lowest BCUT2D eigenvalue weighted by molar-refractivity contribution is -0.129. The van der Waals surface area contributed by atoms with Crippen molar-refractivity contribution in [2.75, 3.05) is 26.5 Å². The summed E-state index contributed by atoms with van der Waals surface area (Å²) in [5.74, 6) is 1.45. The Morgan fingerprint density at radius 2 is 2.12 bits per heavy atom. The van der Waals surface area contributed by atoms with Crippen molar-refractivity contribution >= 4 is 45.5 Å². The molecule has 0 saturated heterocycles. The smallest absolute Gasteiger partial charge is 0.222 e. The lowest BCUT2D eigenvalue weighted by atomic mass is 9.93. The van der Waals surface area contributed by atoms with E-state index in [0.29, 0.717) is 23.1 Å². The number of methoxy groups -OCH3 is 1. The fourth-order valence-corrected chi connectivity index (χ4v) is 4.79. The number of pyridine rings is 1. The number of ether oxygens (including phenoxy) is 1. The highest BCUT2D eigenvalue weighted by Crippen LogP contribution is 2.36. The zero-order valence-electron chi connectivity index (χ0n) is 20.4. The van der Waals surface area contributed by atoms with E-state index in [1.54, 1.807) is 12.0 Å². The van der Waals surface area contributed by atoms with E-state index in [4.69, 9.17) is 16.3 Å². The predicted molar refractivity (Wildman–Crippen MR) is 140 cm³/mol. The number of aromatic amines is 1. The fraction of sp³-hybridized carbons (Fsp3) is 0.407. The minimum absolute atomic E-state index is 0.215. The zero-order chi connectivity index (χ0) is 24.2. The van der Waals surface area contributed by atoms with Gasteiger partial charge in [0.1, 0.15) is 11.4 Å². The van der Waals surface area contributed by atoms with E-state index in [2.05, 4.69) is 27.4 Å². The second-order valence-electron chi connectivity index (χ2n) is 9.28. The molecule has 0 radical (unpaired) electrons. The Morgan fingerprint density at radius 1 is 1.29 bits per heavy atom. The molecule has 1 aliphatic carbocycles. The third kappa shape index (κ3) is 5.39. The van der Waals surface area contributed by atoms with Crippen LogP contribution in [0.2, 0.25) is 5.02 Å². The van der Waals surface area contributed by atoms with Crippen LogP contribution >= 0.6 is 11.6 Å². The maximum Gasteiger partial charge on any atom is 0.222 e. The largest absolute Gasteiger partial charge is 0.495 e. The molecule has 6 nitrogen and oxygen atoms in total. The first-order valence-electron chi connectivity index (χ1n) is 11.8. The van der Waals surface area contributed by atoms with Crippen LogP contribution in [0.4, 0.5) is 11.4 Å². The van der Waals surface area contributed by atoms with Crippen molar-refractivity contribution in [2.24, 2.45) is 5.92 Å². The Bertz CT molecular complexity index is 1210. The van der Waals surface area contributed by atoms with Gasteiger partial charge in [-0.2, -0.15) is 0 Å². The summed E-state index contributed by atoms with van der Waals surface area (Å²) in [7, 11) is 5.28. The van der Waals surface area contributed by atoms with Crippen LogP contribution in [-0.2, 0) is 4.79 Å². The number of allylic oxidation sites excluding steroid dienone is 2. The van der Waals surface area contributed by atoms with Crippen LogP contribution in [0.1, 0.15) is 49.8 Å². The molecule has 1 aromatic carbocycles. The number of H-pyrrole nitrogens is 1. The van der Waals surface area contributed by atoms with Gasteiger partial charge >= 0.3 is 0 Å². The summed E-state index contributed by atoms with van der Waals surface area (Å²) < 4.78 is 5.42. The highest BCUT2D eigenvalue weighted by molar-refractivity contribution is 6.33. The number of fused-ring (bicyclic) bond motifs is 1. The van der Waals surface area contributed by atoms with Gasteiger partial charge in [0.05, 0.1) is 17.8 Å². The van der Waals surface area contributed by atoms with Crippen LogP contribution in [0.15, 0.2) is 36.5 Å². The number of carbonyl (C=O) groups is 1. The van der Waals surface area contributed by atoms with Crippen LogP contribution in [0, 0.1) is 12.8 Å². The number of aryl methyl sites for hydroxylation is 1. The number of aromatic nitrogens is 2. The molecular weight excluding hydrogens is 448 g/mol. The number of nitrogens with zero attached hydrogens (tertiary/aromatic N) is 2. The average Bonchev–Trinajstić information content (AvgIpc) is 3.12. The van der Waals surface area contributed by atoms with Gasteiger partial charge in [-0.05, 0) is 74.3 Å². The Kier molecular flexibility index (Phi) is 7.47. The van der Waals surface area contributed by atoms with Crippen molar-refractivity contribution in [3.05, 3.63) is 52.8 Å². The second kappa shape index (κ2) is 10.5. The standard InChI is InChI=1S/C27H33ClN4O2/c1-17-14-20(15-24(34-4)26(17)28)30-22-12-13-29-27-21(22)16-23(31-27)19-7-5-6-18(8-10-19)9-11-25(33)32(2)3/h7,12-16,18H,5-6,8-11H2,1-4H3,(H2,29,30,31). The molecular formula is C27H33ClN4O2. The van der Waals surface area contributed by atoms with E-state index in [9.17, 15) is 4.79 Å². The van der Waals surface area contributed by atoms with Crippen molar-refractivity contribution in [2.45, 2.75) is 45.4 Å². The molecule has 0 fully saturated rings. The van der Waals surface area contributed by atoms with Crippen molar-refractivity contribution in [1.82, 2.24) is 14.9 Å². The van der Waals surface area contributed by atoms with Gasteiger partial charge < -0.3 is 19.9 Å². The van der Waals surface area contributed by atoms with Crippen molar-refractivity contribution in [3.8, 4) is 5.75 Å². The Balaban J connectivity index is 1.50. The number of anilines is 2. The Labute approximate surface area is 206 Å². The minimum Gasteiger partial charge on any atom is -0.495 e. The minimum atomic E-state index is 0.215. The predicted octanol–water partition coefficient (Wildman–Crippen LogP) is 6.72. The summed E-state index contributed by atoms with van der Waals surface area (Å²) in [4.78, 5) is 21.7. The maximum absolute atomic E-state index is 12.0. The third-order valence-electron chi connectivity index (χ3n) is 6.65. The SMILES string of the molecule is COc1cc(Nc2ccnc3[nH]c(C4=CCCC(CCC(=O)N(C)C)CC4)cc23)cc(C)c1Cl. The van der Waals surface area contributed by atoms with E-state index < -0.39 is 0 Å². The van der Waals surface area contributed by atoms with E-state index in [-0.39, 0.29) is 5.91 Å². The zero-order valence-corrected chi connectivity index (χ0v) is 21.1. The first-order chi connectivity index (χ1) is 16.4. The van der Waals surface area contributed by atoms with Gasteiger partial charge in [0.25, 0.3) is 0 Å². The summed E-state index contributed by atoms with van der Waals surface area (Å²) in [6, 6.07) is 8.09. The number of halogens is 1. The molecule has 3 aromatic rings. The third-order valence-corrected chi connectivity index (χ3v) is 7.14. The van der Waals surface area contributed by atoms with Crippen LogP contribution in [0.25, 0.3) is 16.6 Å². The molecule has 0 aliphatic heterocycles. The number of hydrogen-bond donors (Lipinski definition) is 2. The first kappa shape index (κ1) is 24.1.